The van der Waals surface area contributed by atoms with E-state index in [9.17, 15) is 18.3 Å². The van der Waals surface area contributed by atoms with Crippen molar-refractivity contribution >= 4 is 15.6 Å². The summed E-state index contributed by atoms with van der Waals surface area (Å²) in [4.78, 5) is 18.2. The zero-order valence-corrected chi connectivity index (χ0v) is 24.2. The van der Waals surface area contributed by atoms with Crippen LogP contribution in [0.3, 0.4) is 0 Å². The van der Waals surface area contributed by atoms with Gasteiger partial charge in [-0.25, -0.2) is 8.42 Å². The Bertz CT molecular complexity index is 1040. The van der Waals surface area contributed by atoms with E-state index in [0.717, 1.165) is 19.1 Å². The van der Waals surface area contributed by atoms with Gasteiger partial charge in [0.05, 0.1) is 22.1 Å². The minimum absolute atomic E-state index is 0.0494. The van der Waals surface area contributed by atoms with Gasteiger partial charge >= 0.3 is 0 Å². The number of rotatable bonds is 18. The van der Waals surface area contributed by atoms with Gasteiger partial charge in [0, 0.05) is 23.6 Å². The first kappa shape index (κ1) is 31.2. The monoisotopic (exact) mass is 529 g/mol. The minimum atomic E-state index is -3.32. The molecule has 0 saturated heterocycles. The number of nitrogens with zero attached hydrogens (tertiary/aromatic N) is 1. The highest BCUT2D eigenvalue weighted by Crippen LogP contribution is 2.28. The van der Waals surface area contributed by atoms with Gasteiger partial charge in [0.15, 0.2) is 15.6 Å². The molecule has 0 bridgehead atoms. The van der Waals surface area contributed by atoms with Crippen molar-refractivity contribution in [2.24, 2.45) is 0 Å². The van der Waals surface area contributed by atoms with Crippen molar-refractivity contribution in [2.45, 2.75) is 121 Å². The molecule has 0 amide bonds. The van der Waals surface area contributed by atoms with Crippen LogP contribution in [0.4, 0.5) is 0 Å². The molecule has 37 heavy (non-hydrogen) atoms. The highest BCUT2D eigenvalue weighted by Gasteiger charge is 2.25. The number of benzene rings is 1. The molecule has 0 aliphatic rings. The molecule has 1 aromatic heterocycles. The lowest BCUT2D eigenvalue weighted by atomic mass is 9.88. The third-order valence-electron chi connectivity index (χ3n) is 7.08. The number of hydrogen-bond acceptors (Lipinski definition) is 5. The number of carbonyl (C=O) groups excluding carboxylic acids is 1. The van der Waals surface area contributed by atoms with Crippen LogP contribution in [-0.2, 0) is 15.4 Å². The molecule has 2 rings (SSSR count). The zero-order chi connectivity index (χ0) is 27.3. The lowest BCUT2D eigenvalue weighted by molar-refractivity contribution is 0.0782. The minimum Gasteiger partial charge on any atom is -0.386 e. The molecule has 1 aromatic carbocycles. The Labute approximate surface area is 225 Å². The smallest absolute Gasteiger partial charge is 0.175 e. The molecule has 1 atom stereocenters. The molecule has 5 nitrogen and oxygen atoms in total. The Balaban J connectivity index is 1.95. The van der Waals surface area contributed by atoms with Gasteiger partial charge in [-0.05, 0) is 38.5 Å². The molecule has 0 radical (unpaired) electrons. The molecule has 2 aromatic rings. The second-order valence-corrected chi connectivity index (χ2v) is 12.9. The first-order valence-corrected chi connectivity index (χ1v) is 16.0. The van der Waals surface area contributed by atoms with Crippen molar-refractivity contribution in [1.82, 2.24) is 4.98 Å². The van der Waals surface area contributed by atoms with Gasteiger partial charge in [0.25, 0.3) is 0 Å². The summed E-state index contributed by atoms with van der Waals surface area (Å²) in [5.41, 5.74) is 0.880. The Morgan fingerprint density at radius 2 is 1.35 bits per heavy atom. The Morgan fingerprint density at radius 3 is 1.78 bits per heavy atom. The van der Waals surface area contributed by atoms with Gasteiger partial charge in [0.1, 0.15) is 0 Å². The number of aromatic nitrogens is 1. The molecule has 206 valence electrons. The number of carbonyl (C=O) groups is 1. The number of hydrogen-bond donors (Lipinski definition) is 1. The molecule has 1 heterocycles. The Hall–Kier alpha value is -2.05. The van der Waals surface area contributed by atoms with Gasteiger partial charge in [-0.3, -0.25) is 9.78 Å². The van der Waals surface area contributed by atoms with Gasteiger partial charge in [0.2, 0.25) is 0 Å². The summed E-state index contributed by atoms with van der Waals surface area (Å²) in [6.45, 7) is 5.67. The van der Waals surface area contributed by atoms with E-state index in [0.29, 0.717) is 23.2 Å². The molecule has 0 aliphatic carbocycles. The quantitative estimate of drug-likeness (QED) is 0.157. The molecule has 0 spiro atoms. The first-order chi connectivity index (χ1) is 17.5. The number of ketones is 1. The van der Waals surface area contributed by atoms with E-state index in [1.165, 1.54) is 76.3 Å². The van der Waals surface area contributed by atoms with E-state index in [4.69, 9.17) is 0 Å². The first-order valence-electron chi connectivity index (χ1n) is 14.1. The average molecular weight is 530 g/mol. The van der Waals surface area contributed by atoms with Gasteiger partial charge in [-0.1, -0.05) is 102 Å². The summed E-state index contributed by atoms with van der Waals surface area (Å²) in [5, 5.41) is 10.3. The van der Waals surface area contributed by atoms with Crippen molar-refractivity contribution < 1.29 is 18.3 Å². The van der Waals surface area contributed by atoms with Crippen LogP contribution < -0.4 is 0 Å². The highest BCUT2D eigenvalue weighted by atomic mass is 32.2. The predicted octanol–water partition coefficient (Wildman–Crippen LogP) is 7.77. The van der Waals surface area contributed by atoms with E-state index in [-0.39, 0.29) is 10.7 Å². The normalized spacial score (nSPS) is 13.0. The molecule has 0 fully saturated rings. The lowest BCUT2D eigenvalue weighted by Gasteiger charge is -2.20. The van der Waals surface area contributed by atoms with Crippen LogP contribution >= 0.6 is 0 Å². The summed E-state index contributed by atoms with van der Waals surface area (Å²) in [5.74, 6) is -0.449. The fraction of sp³-hybridized carbons (Fsp3) is 0.613. The average Bonchev–Trinajstić information content (AvgIpc) is 2.86. The van der Waals surface area contributed by atoms with E-state index >= 15 is 0 Å². The Morgan fingerprint density at radius 1 is 0.838 bits per heavy atom. The molecule has 1 unspecified atom stereocenters. The predicted molar refractivity (Wildman–Crippen MR) is 152 cm³/mol. The summed E-state index contributed by atoms with van der Waals surface area (Å²) in [7, 11) is -3.32. The molecular formula is C31H47NO4S. The largest absolute Gasteiger partial charge is 0.386 e. The van der Waals surface area contributed by atoms with Crippen LogP contribution in [0.5, 0.6) is 0 Å². The molecule has 0 aliphatic heterocycles. The number of aliphatic hydroxyl groups is 1. The third-order valence-corrected chi connectivity index (χ3v) is 8.21. The van der Waals surface area contributed by atoms with Gasteiger partial charge < -0.3 is 5.11 Å². The fourth-order valence-electron chi connectivity index (χ4n) is 4.64. The zero-order valence-electron chi connectivity index (χ0n) is 23.3. The van der Waals surface area contributed by atoms with Gasteiger partial charge in [-0.15, -0.1) is 0 Å². The van der Waals surface area contributed by atoms with Crippen molar-refractivity contribution in [2.75, 3.05) is 6.26 Å². The fourth-order valence-corrected chi connectivity index (χ4v) is 5.27. The van der Waals surface area contributed by atoms with Crippen LogP contribution in [0.2, 0.25) is 0 Å². The second-order valence-electron chi connectivity index (χ2n) is 10.9. The van der Waals surface area contributed by atoms with Crippen molar-refractivity contribution in [1.29, 1.82) is 0 Å². The van der Waals surface area contributed by atoms with Crippen molar-refractivity contribution in [3.8, 4) is 0 Å². The number of pyridine rings is 1. The standard InChI is InChI=1S/C31H47NO4S/c1-5-6-7-8-9-10-11-12-13-14-15-16-17-28(29-23-20-26(24-32-29)31(2,3)34)30(33)25-18-21-27(22-19-25)37(4,35)36/h18-24,28,34H,5-17H2,1-4H3. The number of sulfone groups is 1. The van der Waals surface area contributed by atoms with Crippen molar-refractivity contribution in [3.63, 3.8) is 0 Å². The lowest BCUT2D eigenvalue weighted by Crippen LogP contribution is -2.18. The SMILES string of the molecule is CCCCCCCCCCCCCCC(C(=O)c1ccc(S(C)(=O)=O)cc1)c1ccc(C(C)(C)O)cn1. The van der Waals surface area contributed by atoms with Crippen LogP contribution in [-0.4, -0.2) is 30.5 Å². The van der Waals surface area contributed by atoms with E-state index in [1.807, 2.05) is 12.1 Å². The van der Waals surface area contributed by atoms with E-state index in [1.54, 1.807) is 32.2 Å². The maximum Gasteiger partial charge on any atom is 0.175 e. The van der Waals surface area contributed by atoms with Crippen LogP contribution in [0.25, 0.3) is 0 Å². The molecule has 1 N–H and O–H groups in total. The highest BCUT2D eigenvalue weighted by molar-refractivity contribution is 7.90. The molecular weight excluding hydrogens is 482 g/mol. The third kappa shape index (κ3) is 11.1. The van der Waals surface area contributed by atoms with Crippen LogP contribution in [0.15, 0.2) is 47.5 Å². The summed E-state index contributed by atoms with van der Waals surface area (Å²) in [6, 6.07) is 9.85. The van der Waals surface area contributed by atoms with Crippen LogP contribution in [0.1, 0.15) is 132 Å². The van der Waals surface area contributed by atoms with E-state index < -0.39 is 21.4 Å². The summed E-state index contributed by atoms with van der Waals surface area (Å²) >= 11 is 0. The maximum atomic E-state index is 13.5. The molecule has 6 heteroatoms. The van der Waals surface area contributed by atoms with Crippen LogP contribution in [0, 0.1) is 0 Å². The second kappa shape index (κ2) is 15.4. The number of unbranched alkanes of at least 4 members (excludes halogenated alkanes) is 11. The Kier molecular flexibility index (Phi) is 13.0. The summed E-state index contributed by atoms with van der Waals surface area (Å²) in [6.07, 6.45) is 18.6. The maximum absolute atomic E-state index is 13.5. The van der Waals surface area contributed by atoms with Gasteiger partial charge in [-0.2, -0.15) is 0 Å². The summed E-state index contributed by atoms with van der Waals surface area (Å²) < 4.78 is 23.6. The molecule has 0 saturated carbocycles. The van der Waals surface area contributed by atoms with E-state index in [2.05, 4.69) is 11.9 Å². The number of Topliss-reactive ketones (excluding diaryl/α,β-unsaturated/α-hetero) is 1. The van der Waals surface area contributed by atoms with Crippen molar-refractivity contribution in [3.05, 3.63) is 59.4 Å². The topological polar surface area (TPSA) is 84.3 Å².